The normalized spacial score (nSPS) is 17.2. The number of fused-ring (bicyclic) bond motifs is 1. The lowest BCUT2D eigenvalue weighted by atomic mass is 10.1. The third kappa shape index (κ3) is 4.17. The van der Waals surface area contributed by atoms with E-state index in [2.05, 4.69) is 21.2 Å². The Hall–Kier alpha value is -3.69. The van der Waals surface area contributed by atoms with Crippen molar-refractivity contribution in [2.75, 3.05) is 18.5 Å². The molecule has 1 N–H and O–H groups in total. The monoisotopic (exact) mass is 532 g/mol. The van der Waals surface area contributed by atoms with Crippen LogP contribution in [0.2, 0.25) is 0 Å². The minimum atomic E-state index is -0.561. The molecule has 1 fully saturated rings. The molecule has 1 saturated heterocycles. The molecule has 9 heteroatoms. The summed E-state index contributed by atoms with van der Waals surface area (Å²) < 4.78 is 14.1. The number of carbonyl (C=O) groups excluding carboxylic acids is 2. The van der Waals surface area contributed by atoms with Gasteiger partial charge in [-0.15, -0.1) is 0 Å². The summed E-state index contributed by atoms with van der Waals surface area (Å²) in [6.45, 7) is 0.500. The molecule has 2 aliphatic rings. The van der Waals surface area contributed by atoms with Gasteiger partial charge in [-0.1, -0.05) is 28.1 Å². The van der Waals surface area contributed by atoms with Crippen molar-refractivity contribution < 1.29 is 18.7 Å². The van der Waals surface area contributed by atoms with Crippen LogP contribution in [0.5, 0.6) is 0 Å². The number of amides is 2. The molecule has 35 heavy (non-hydrogen) atoms. The predicted octanol–water partition coefficient (Wildman–Crippen LogP) is 4.49. The Kier molecular flexibility index (Phi) is 5.50. The van der Waals surface area contributed by atoms with Crippen molar-refractivity contribution in [3.63, 3.8) is 0 Å². The maximum atomic E-state index is 12.8. The second-order valence-electron chi connectivity index (χ2n) is 8.58. The second kappa shape index (κ2) is 8.83. The van der Waals surface area contributed by atoms with E-state index in [1.165, 1.54) is 0 Å². The lowest BCUT2D eigenvalue weighted by Crippen LogP contribution is -2.30. The zero-order valence-corrected chi connectivity index (χ0v) is 20.2. The molecule has 1 unspecified atom stereocenters. The molecule has 176 valence electrons. The number of hydrogen-bond donors (Lipinski definition) is 1. The Labute approximate surface area is 209 Å². The summed E-state index contributed by atoms with van der Waals surface area (Å²) in [7, 11) is 0. The molecule has 2 aromatic carbocycles. The molecule has 2 aromatic heterocycles. The molecule has 8 nitrogen and oxygen atoms in total. The number of hydrogen-bond acceptors (Lipinski definition) is 5. The smallest absolute Gasteiger partial charge is 0.250 e. The van der Waals surface area contributed by atoms with Crippen molar-refractivity contribution in [1.29, 1.82) is 0 Å². The number of nitrogens with one attached hydrogen (secondary N) is 1. The maximum absolute atomic E-state index is 12.8. The molecule has 2 amide bonds. The molecule has 2 aliphatic heterocycles. The van der Waals surface area contributed by atoms with Gasteiger partial charge in [-0.05, 0) is 53.9 Å². The number of benzene rings is 2. The third-order valence-electron chi connectivity index (χ3n) is 6.30. The minimum Gasteiger partial charge on any atom is -0.472 e. The first-order chi connectivity index (χ1) is 17.0. The molecule has 4 heterocycles. The van der Waals surface area contributed by atoms with Gasteiger partial charge < -0.3 is 19.4 Å². The van der Waals surface area contributed by atoms with E-state index in [1.807, 2.05) is 54.7 Å². The molecule has 4 aromatic rings. The average molecular weight is 533 g/mol. The summed E-state index contributed by atoms with van der Waals surface area (Å²) in [5, 5.41) is 7.66. The molecule has 0 radical (unpaired) electrons. The largest absolute Gasteiger partial charge is 0.472 e. The molecule has 0 bridgehead atoms. The second-order valence-corrected chi connectivity index (χ2v) is 9.50. The highest BCUT2D eigenvalue weighted by Crippen LogP contribution is 2.36. The highest BCUT2D eigenvalue weighted by molar-refractivity contribution is 9.10. The summed E-state index contributed by atoms with van der Waals surface area (Å²) in [5.41, 5.74) is 6.13. The van der Waals surface area contributed by atoms with Crippen molar-refractivity contribution in [3.8, 4) is 16.9 Å². The Morgan fingerprint density at radius 1 is 1.11 bits per heavy atom. The number of nitrogens with zero attached hydrogens (tertiary/aromatic N) is 3. The Morgan fingerprint density at radius 2 is 1.97 bits per heavy atom. The number of ether oxygens (including phenoxy) is 1. The molecular weight excluding hydrogens is 512 g/mol. The third-order valence-corrected chi connectivity index (χ3v) is 6.83. The fraction of sp³-hybridized carbons (Fsp3) is 0.192. The first-order valence-electron chi connectivity index (χ1n) is 11.3. The van der Waals surface area contributed by atoms with Crippen LogP contribution in [0, 0.1) is 0 Å². The number of aromatic nitrogens is 2. The summed E-state index contributed by atoms with van der Waals surface area (Å²) >= 11 is 3.47. The quantitative estimate of drug-likeness (QED) is 0.395. The van der Waals surface area contributed by atoms with Gasteiger partial charge in [0.1, 0.15) is 12.3 Å². The van der Waals surface area contributed by atoms with E-state index >= 15 is 0 Å². The van der Waals surface area contributed by atoms with Gasteiger partial charge in [0.25, 0.3) is 5.91 Å². The van der Waals surface area contributed by atoms with Crippen molar-refractivity contribution in [2.45, 2.75) is 19.1 Å². The highest BCUT2D eigenvalue weighted by atomic mass is 79.9. The van der Waals surface area contributed by atoms with E-state index in [9.17, 15) is 9.59 Å². The van der Waals surface area contributed by atoms with Gasteiger partial charge in [0.05, 0.1) is 24.6 Å². The Morgan fingerprint density at radius 3 is 2.77 bits per heavy atom. The topological polar surface area (TPSA) is 89.6 Å². The molecule has 6 rings (SSSR count). The lowest BCUT2D eigenvalue weighted by Gasteiger charge is -2.23. The van der Waals surface area contributed by atoms with E-state index < -0.39 is 6.23 Å². The average Bonchev–Trinajstić information content (AvgIpc) is 3.63. The van der Waals surface area contributed by atoms with E-state index in [4.69, 9.17) is 14.3 Å². The number of furan rings is 1. The van der Waals surface area contributed by atoms with E-state index in [0.29, 0.717) is 25.1 Å². The molecule has 1 atom stereocenters. The molecule has 0 saturated carbocycles. The molecule has 0 aliphatic carbocycles. The van der Waals surface area contributed by atoms with Crippen LogP contribution in [0.15, 0.2) is 76.1 Å². The van der Waals surface area contributed by atoms with Gasteiger partial charge in [-0.3, -0.25) is 9.59 Å². The fourth-order valence-corrected chi connectivity index (χ4v) is 4.82. The van der Waals surface area contributed by atoms with Gasteiger partial charge >= 0.3 is 0 Å². The summed E-state index contributed by atoms with van der Waals surface area (Å²) in [5.74, 6) is -0.0579. The van der Waals surface area contributed by atoms with Crippen LogP contribution in [0.3, 0.4) is 0 Å². The molecular formula is C26H21BrN4O4. The van der Waals surface area contributed by atoms with Gasteiger partial charge in [0.15, 0.2) is 6.23 Å². The van der Waals surface area contributed by atoms with Crippen LogP contribution in [-0.4, -0.2) is 39.6 Å². The van der Waals surface area contributed by atoms with Crippen LogP contribution in [0.4, 0.5) is 5.69 Å². The van der Waals surface area contributed by atoms with Crippen molar-refractivity contribution in [2.24, 2.45) is 0 Å². The predicted molar refractivity (Wildman–Crippen MR) is 132 cm³/mol. The Balaban J connectivity index is 1.30. The maximum Gasteiger partial charge on any atom is 0.250 e. The zero-order chi connectivity index (χ0) is 23.9. The van der Waals surface area contributed by atoms with Crippen LogP contribution in [0.1, 0.15) is 22.9 Å². The van der Waals surface area contributed by atoms with Gasteiger partial charge in [0.2, 0.25) is 5.91 Å². The first kappa shape index (κ1) is 21.8. The van der Waals surface area contributed by atoms with Crippen LogP contribution in [-0.2, 0) is 27.2 Å². The van der Waals surface area contributed by atoms with Crippen molar-refractivity contribution in [1.82, 2.24) is 14.7 Å². The fourth-order valence-electron chi connectivity index (χ4n) is 4.56. The SMILES string of the molecule is O=C1Cc2cc(CCN3C(=O)COC3c3cn(-c4ccc(Br)cc4)nc3-c3ccoc3)ccc2N1. The first-order valence-corrected chi connectivity index (χ1v) is 12.1. The van der Waals surface area contributed by atoms with Crippen LogP contribution >= 0.6 is 15.9 Å². The number of rotatable bonds is 6. The summed E-state index contributed by atoms with van der Waals surface area (Å²) in [4.78, 5) is 26.2. The lowest BCUT2D eigenvalue weighted by molar-refractivity contribution is -0.128. The van der Waals surface area contributed by atoms with Crippen LogP contribution < -0.4 is 5.32 Å². The van der Waals surface area contributed by atoms with Gasteiger partial charge in [-0.2, -0.15) is 5.10 Å². The standard InChI is InChI=1S/C26H21BrN4O4/c27-19-2-4-20(5-3-19)31-13-21(25(29-31)17-8-10-34-14-17)26-30(24(33)15-35-26)9-7-16-1-6-22-18(11-16)12-23(32)28-22/h1-6,8,10-11,13-14,26H,7,9,12,15H2,(H,28,32). The highest BCUT2D eigenvalue weighted by Gasteiger charge is 2.36. The van der Waals surface area contributed by atoms with E-state index in [0.717, 1.165) is 38.1 Å². The van der Waals surface area contributed by atoms with Gasteiger partial charge in [0, 0.05) is 34.0 Å². The van der Waals surface area contributed by atoms with E-state index in [-0.39, 0.29) is 18.4 Å². The number of carbonyl (C=O) groups is 2. The van der Waals surface area contributed by atoms with Crippen molar-refractivity contribution in [3.05, 3.63) is 88.4 Å². The number of halogens is 1. The minimum absolute atomic E-state index is 0.00916. The molecule has 0 spiro atoms. The summed E-state index contributed by atoms with van der Waals surface area (Å²) in [6.07, 6.45) is 5.63. The summed E-state index contributed by atoms with van der Waals surface area (Å²) in [6, 6.07) is 15.6. The number of anilines is 1. The van der Waals surface area contributed by atoms with E-state index in [1.54, 1.807) is 22.1 Å². The van der Waals surface area contributed by atoms with Crippen LogP contribution in [0.25, 0.3) is 16.9 Å². The Bertz CT molecular complexity index is 1410. The zero-order valence-electron chi connectivity index (χ0n) is 18.6. The van der Waals surface area contributed by atoms with Gasteiger partial charge in [-0.25, -0.2) is 4.68 Å². The van der Waals surface area contributed by atoms with Crippen molar-refractivity contribution >= 4 is 33.4 Å².